The third kappa shape index (κ3) is 5.34. The minimum Gasteiger partial charge on any atom is -0.381 e. The summed E-state index contributed by atoms with van der Waals surface area (Å²) in [6, 6.07) is 0.245. The average molecular weight is 339 g/mol. The van der Waals surface area contributed by atoms with Crippen LogP contribution < -0.4 is 16.0 Å². The fourth-order valence-corrected chi connectivity index (χ4v) is 3.35. The second kappa shape index (κ2) is 8.67. The van der Waals surface area contributed by atoms with E-state index in [0.717, 1.165) is 44.9 Å². The highest BCUT2D eigenvalue weighted by molar-refractivity contribution is 5.81. The summed E-state index contributed by atoms with van der Waals surface area (Å²) in [4.78, 5) is 18.1. The molecule has 2 fully saturated rings. The number of rotatable bonds is 5. The van der Waals surface area contributed by atoms with Crippen LogP contribution >= 0.6 is 0 Å². The van der Waals surface area contributed by atoms with Crippen molar-refractivity contribution in [2.24, 2.45) is 4.99 Å². The Bertz CT molecular complexity index is 434. The lowest BCUT2D eigenvalue weighted by atomic mass is 9.97. The highest BCUT2D eigenvalue weighted by Gasteiger charge is 2.31. The molecule has 2 rings (SSSR count). The molecule has 138 valence electrons. The lowest BCUT2D eigenvalue weighted by Crippen LogP contribution is -2.57. The van der Waals surface area contributed by atoms with Crippen molar-refractivity contribution in [2.45, 2.75) is 57.2 Å². The van der Waals surface area contributed by atoms with Gasteiger partial charge in [0.15, 0.2) is 5.96 Å². The molecule has 0 saturated carbocycles. The zero-order valence-corrected chi connectivity index (χ0v) is 15.5. The molecule has 0 radical (unpaired) electrons. The van der Waals surface area contributed by atoms with Gasteiger partial charge in [0.25, 0.3) is 0 Å². The number of aliphatic imine (C=N–C) groups is 1. The molecule has 7 nitrogen and oxygen atoms in total. The van der Waals surface area contributed by atoms with E-state index in [2.05, 4.69) is 39.7 Å². The monoisotopic (exact) mass is 339 g/mol. The molecular formula is C17H33N5O2. The summed E-state index contributed by atoms with van der Waals surface area (Å²) in [5, 5.41) is 9.74. The van der Waals surface area contributed by atoms with Crippen LogP contribution in [0.1, 0.15) is 39.5 Å². The maximum atomic E-state index is 11.2. The highest BCUT2D eigenvalue weighted by Crippen LogP contribution is 2.21. The minimum absolute atomic E-state index is 0.0527. The molecule has 0 aromatic rings. The second-order valence-corrected chi connectivity index (χ2v) is 7.34. The SMILES string of the molecule is CN=C(NCC(C)(C)N1CCC(OC)CC1)NC1CCC(=O)NC1. The van der Waals surface area contributed by atoms with Crippen LogP contribution in [-0.2, 0) is 9.53 Å². The number of ether oxygens (including phenoxy) is 1. The molecule has 0 aromatic heterocycles. The van der Waals surface area contributed by atoms with Crippen LogP contribution in [0.25, 0.3) is 0 Å². The van der Waals surface area contributed by atoms with Gasteiger partial charge in [0.1, 0.15) is 0 Å². The van der Waals surface area contributed by atoms with Crippen LogP contribution in [0.3, 0.4) is 0 Å². The summed E-state index contributed by atoms with van der Waals surface area (Å²) in [5.41, 5.74) is 0.0527. The first kappa shape index (κ1) is 19.0. The van der Waals surface area contributed by atoms with Crippen molar-refractivity contribution in [1.82, 2.24) is 20.9 Å². The number of methoxy groups -OCH3 is 1. The van der Waals surface area contributed by atoms with Crippen molar-refractivity contribution in [2.75, 3.05) is 40.3 Å². The van der Waals surface area contributed by atoms with E-state index in [1.165, 1.54) is 0 Å². The Morgan fingerprint density at radius 1 is 1.38 bits per heavy atom. The molecule has 1 atom stereocenters. The van der Waals surface area contributed by atoms with E-state index in [0.29, 0.717) is 19.1 Å². The van der Waals surface area contributed by atoms with Gasteiger partial charge in [-0.1, -0.05) is 0 Å². The molecule has 2 heterocycles. The molecule has 7 heteroatoms. The lowest BCUT2D eigenvalue weighted by Gasteiger charge is -2.43. The van der Waals surface area contributed by atoms with E-state index in [9.17, 15) is 4.79 Å². The zero-order valence-electron chi connectivity index (χ0n) is 15.5. The zero-order chi connectivity index (χ0) is 17.6. The molecule has 3 N–H and O–H groups in total. The smallest absolute Gasteiger partial charge is 0.220 e. The van der Waals surface area contributed by atoms with Crippen LogP contribution in [-0.4, -0.2) is 74.8 Å². The maximum Gasteiger partial charge on any atom is 0.220 e. The van der Waals surface area contributed by atoms with Gasteiger partial charge >= 0.3 is 0 Å². The second-order valence-electron chi connectivity index (χ2n) is 7.34. The molecule has 1 amide bonds. The number of hydrogen-bond donors (Lipinski definition) is 3. The number of nitrogens with zero attached hydrogens (tertiary/aromatic N) is 2. The molecule has 1 unspecified atom stereocenters. The van der Waals surface area contributed by atoms with E-state index in [-0.39, 0.29) is 17.5 Å². The van der Waals surface area contributed by atoms with Crippen molar-refractivity contribution in [3.05, 3.63) is 0 Å². The Morgan fingerprint density at radius 3 is 2.62 bits per heavy atom. The molecule has 0 aliphatic carbocycles. The van der Waals surface area contributed by atoms with E-state index < -0.39 is 0 Å². The molecule has 2 saturated heterocycles. The summed E-state index contributed by atoms with van der Waals surface area (Å²) in [7, 11) is 3.59. The topological polar surface area (TPSA) is 78.0 Å². The Labute approximate surface area is 145 Å². The molecule has 2 aliphatic heterocycles. The Morgan fingerprint density at radius 2 is 2.08 bits per heavy atom. The number of amides is 1. The van der Waals surface area contributed by atoms with Crippen LogP contribution in [0.4, 0.5) is 0 Å². The molecule has 24 heavy (non-hydrogen) atoms. The van der Waals surface area contributed by atoms with Crippen molar-refractivity contribution in [3.8, 4) is 0 Å². The summed E-state index contributed by atoms with van der Waals surface area (Å²) in [6.45, 7) is 8.14. The van der Waals surface area contributed by atoms with Crippen molar-refractivity contribution < 1.29 is 9.53 Å². The number of guanidine groups is 1. The van der Waals surface area contributed by atoms with Gasteiger partial charge in [0, 0.05) is 58.3 Å². The van der Waals surface area contributed by atoms with Gasteiger partial charge < -0.3 is 20.7 Å². The van der Waals surface area contributed by atoms with Crippen molar-refractivity contribution in [3.63, 3.8) is 0 Å². The first-order chi connectivity index (χ1) is 11.4. The fourth-order valence-electron chi connectivity index (χ4n) is 3.35. The Kier molecular flexibility index (Phi) is 6.86. The van der Waals surface area contributed by atoms with E-state index >= 15 is 0 Å². The van der Waals surface area contributed by atoms with Gasteiger partial charge in [-0.15, -0.1) is 0 Å². The maximum absolute atomic E-state index is 11.2. The molecule has 0 bridgehead atoms. The van der Waals surface area contributed by atoms with Crippen LogP contribution in [0, 0.1) is 0 Å². The third-order valence-corrected chi connectivity index (χ3v) is 5.15. The standard InChI is InChI=1S/C17H33N5O2/c1-17(2,22-9-7-14(24-4)8-10-22)12-20-16(18-3)21-13-5-6-15(23)19-11-13/h13-14H,5-12H2,1-4H3,(H,19,23)(H2,18,20,21). The van der Waals surface area contributed by atoms with Crippen LogP contribution in [0.2, 0.25) is 0 Å². The van der Waals surface area contributed by atoms with E-state index in [1.54, 1.807) is 14.2 Å². The third-order valence-electron chi connectivity index (χ3n) is 5.15. The number of carbonyl (C=O) groups excluding carboxylic acids is 1. The van der Waals surface area contributed by atoms with Gasteiger partial charge in [0.05, 0.1) is 6.10 Å². The average Bonchev–Trinajstić information content (AvgIpc) is 2.60. The predicted octanol–water partition coefficient (Wildman–Crippen LogP) is 0.319. The number of carbonyl (C=O) groups is 1. The quantitative estimate of drug-likeness (QED) is 0.497. The van der Waals surface area contributed by atoms with Gasteiger partial charge in [-0.3, -0.25) is 14.7 Å². The van der Waals surface area contributed by atoms with Gasteiger partial charge in [0.2, 0.25) is 5.91 Å². The summed E-state index contributed by atoms with van der Waals surface area (Å²) < 4.78 is 5.46. The lowest BCUT2D eigenvalue weighted by molar-refractivity contribution is -0.122. The number of hydrogen-bond acceptors (Lipinski definition) is 4. The highest BCUT2D eigenvalue weighted by atomic mass is 16.5. The van der Waals surface area contributed by atoms with Crippen molar-refractivity contribution >= 4 is 11.9 Å². The summed E-state index contributed by atoms with van der Waals surface area (Å²) in [5.74, 6) is 0.938. The summed E-state index contributed by atoms with van der Waals surface area (Å²) >= 11 is 0. The number of likely N-dealkylation sites (tertiary alicyclic amines) is 1. The largest absolute Gasteiger partial charge is 0.381 e. The van der Waals surface area contributed by atoms with Gasteiger partial charge in [-0.05, 0) is 33.1 Å². The number of nitrogens with one attached hydrogen (secondary N) is 3. The fraction of sp³-hybridized carbons (Fsp3) is 0.882. The number of piperidine rings is 2. The molecular weight excluding hydrogens is 306 g/mol. The molecule has 0 aromatic carbocycles. The normalized spacial score (nSPS) is 24.6. The molecule has 2 aliphatic rings. The van der Waals surface area contributed by atoms with Gasteiger partial charge in [-0.2, -0.15) is 0 Å². The molecule has 0 spiro atoms. The van der Waals surface area contributed by atoms with Crippen LogP contribution in [0.5, 0.6) is 0 Å². The Hall–Kier alpha value is -1.34. The first-order valence-electron chi connectivity index (χ1n) is 8.96. The Balaban J connectivity index is 1.78. The van der Waals surface area contributed by atoms with Crippen molar-refractivity contribution in [1.29, 1.82) is 0 Å². The predicted molar refractivity (Wildman–Crippen MR) is 96.2 cm³/mol. The van der Waals surface area contributed by atoms with E-state index in [4.69, 9.17) is 4.74 Å². The van der Waals surface area contributed by atoms with Gasteiger partial charge in [-0.25, -0.2) is 0 Å². The van der Waals surface area contributed by atoms with E-state index in [1.807, 2.05) is 0 Å². The van der Waals surface area contributed by atoms with Crippen LogP contribution in [0.15, 0.2) is 4.99 Å². The minimum atomic E-state index is 0.0527. The first-order valence-corrected chi connectivity index (χ1v) is 8.96. The summed E-state index contributed by atoms with van der Waals surface area (Å²) in [6.07, 6.45) is 4.01.